The van der Waals surface area contributed by atoms with E-state index < -0.39 is 0 Å². The zero-order valence-electron chi connectivity index (χ0n) is 10.3. The van der Waals surface area contributed by atoms with Crippen LogP contribution in [0.2, 0.25) is 5.02 Å². The van der Waals surface area contributed by atoms with Crippen molar-refractivity contribution in [1.82, 2.24) is 10.2 Å². The first kappa shape index (κ1) is 12.0. The van der Waals surface area contributed by atoms with E-state index in [4.69, 9.17) is 11.6 Å². The third-order valence-corrected chi connectivity index (χ3v) is 4.20. The van der Waals surface area contributed by atoms with Gasteiger partial charge in [0.1, 0.15) is 0 Å². The highest BCUT2D eigenvalue weighted by Crippen LogP contribution is 2.30. The minimum absolute atomic E-state index is 0.115. The molecule has 18 heavy (non-hydrogen) atoms. The summed E-state index contributed by atoms with van der Waals surface area (Å²) in [6.07, 6.45) is 3.72. The zero-order valence-corrected chi connectivity index (χ0v) is 11.0. The Bertz CT molecular complexity index is 443. The topological polar surface area (TPSA) is 32.3 Å². The van der Waals surface area contributed by atoms with Crippen molar-refractivity contribution in [2.24, 2.45) is 0 Å². The Balaban J connectivity index is 1.64. The number of nitrogens with one attached hydrogen (secondary N) is 1. The highest BCUT2D eigenvalue weighted by Gasteiger charge is 2.45. The van der Waals surface area contributed by atoms with Gasteiger partial charge in [0.25, 0.3) is 5.91 Å². The molecule has 1 N–H and O–H groups in total. The molecule has 0 bridgehead atoms. The molecular formula is C14H17ClN2O. The molecule has 4 heteroatoms. The van der Waals surface area contributed by atoms with E-state index in [-0.39, 0.29) is 11.4 Å². The fraction of sp³-hybridized carbons (Fsp3) is 0.500. The molecule has 3 nitrogen and oxygen atoms in total. The molecule has 0 unspecified atom stereocenters. The van der Waals surface area contributed by atoms with Gasteiger partial charge in [0.05, 0.1) is 5.54 Å². The van der Waals surface area contributed by atoms with E-state index in [0.717, 1.165) is 25.2 Å². The number of benzene rings is 1. The Morgan fingerprint density at radius 2 is 1.94 bits per heavy atom. The fourth-order valence-corrected chi connectivity index (χ4v) is 3.03. The first-order valence-corrected chi connectivity index (χ1v) is 6.86. The van der Waals surface area contributed by atoms with Crippen LogP contribution >= 0.6 is 11.6 Å². The second kappa shape index (κ2) is 4.56. The normalized spacial score (nSPS) is 21.7. The Kier molecular flexibility index (Phi) is 3.04. The quantitative estimate of drug-likeness (QED) is 0.844. The van der Waals surface area contributed by atoms with Crippen LogP contribution in [0.4, 0.5) is 0 Å². The second-order valence-electron chi connectivity index (χ2n) is 5.33. The molecule has 3 rings (SSSR count). The zero-order chi connectivity index (χ0) is 12.6. The summed E-state index contributed by atoms with van der Waals surface area (Å²) < 4.78 is 0. The number of carbonyl (C=O) groups is 1. The number of amides is 1. The lowest BCUT2D eigenvalue weighted by Crippen LogP contribution is -2.71. The van der Waals surface area contributed by atoms with Crippen LogP contribution < -0.4 is 5.32 Å². The number of hydrogen-bond donors (Lipinski definition) is 1. The van der Waals surface area contributed by atoms with Gasteiger partial charge >= 0.3 is 0 Å². The number of likely N-dealkylation sites (tertiary alicyclic amines) is 1. The van der Waals surface area contributed by atoms with E-state index in [9.17, 15) is 4.79 Å². The van der Waals surface area contributed by atoms with E-state index in [0.29, 0.717) is 5.02 Å². The highest BCUT2D eigenvalue weighted by molar-refractivity contribution is 6.30. The van der Waals surface area contributed by atoms with Crippen molar-refractivity contribution in [3.63, 3.8) is 0 Å². The van der Waals surface area contributed by atoms with Crippen LogP contribution in [0.25, 0.3) is 0 Å². The minimum atomic E-state index is 0.115. The molecule has 1 aromatic carbocycles. The molecular weight excluding hydrogens is 248 g/mol. The number of carbonyl (C=O) groups excluding carboxylic acids is 1. The molecule has 2 aliphatic rings. The van der Waals surface area contributed by atoms with Gasteiger partial charge in [-0.1, -0.05) is 18.0 Å². The maximum atomic E-state index is 12.2. The molecule has 2 aliphatic heterocycles. The predicted octanol–water partition coefficient (Wildman–Crippen LogP) is 2.31. The van der Waals surface area contributed by atoms with Crippen molar-refractivity contribution >= 4 is 17.5 Å². The summed E-state index contributed by atoms with van der Waals surface area (Å²) in [6.45, 7) is 2.77. The van der Waals surface area contributed by atoms with Crippen LogP contribution in [0.1, 0.15) is 29.6 Å². The summed E-state index contributed by atoms with van der Waals surface area (Å²) in [5.74, 6) is 0.115. The van der Waals surface area contributed by atoms with Gasteiger partial charge in [-0.15, -0.1) is 0 Å². The van der Waals surface area contributed by atoms with Crippen LogP contribution in [0, 0.1) is 0 Å². The van der Waals surface area contributed by atoms with Crippen molar-refractivity contribution < 1.29 is 4.79 Å². The van der Waals surface area contributed by atoms with Gasteiger partial charge in [0.2, 0.25) is 0 Å². The average molecular weight is 265 g/mol. The molecule has 0 aromatic heterocycles. The van der Waals surface area contributed by atoms with Crippen molar-refractivity contribution in [2.75, 3.05) is 19.6 Å². The third-order valence-electron chi connectivity index (χ3n) is 3.95. The average Bonchev–Trinajstić information content (AvgIpc) is 2.37. The van der Waals surface area contributed by atoms with Crippen LogP contribution in [0.3, 0.4) is 0 Å². The lowest BCUT2D eigenvalue weighted by molar-refractivity contribution is 0.0190. The van der Waals surface area contributed by atoms with Gasteiger partial charge in [-0.3, -0.25) is 4.79 Å². The summed E-state index contributed by atoms with van der Waals surface area (Å²) >= 11 is 5.83. The summed E-state index contributed by atoms with van der Waals surface area (Å²) in [6, 6.07) is 7.13. The van der Waals surface area contributed by atoms with Crippen molar-refractivity contribution in [2.45, 2.75) is 24.8 Å². The summed E-state index contributed by atoms with van der Waals surface area (Å²) in [5.41, 5.74) is 0.936. The lowest BCUT2D eigenvalue weighted by atomic mass is 9.81. The summed E-state index contributed by atoms with van der Waals surface area (Å²) in [4.78, 5) is 14.1. The lowest BCUT2D eigenvalue weighted by Gasteiger charge is -2.52. The second-order valence-corrected chi connectivity index (χ2v) is 5.77. The third kappa shape index (κ3) is 2.13. The van der Waals surface area contributed by atoms with Crippen molar-refractivity contribution in [3.05, 3.63) is 34.9 Å². The first-order chi connectivity index (χ1) is 8.69. The van der Waals surface area contributed by atoms with E-state index >= 15 is 0 Å². The molecule has 1 amide bonds. The molecule has 96 valence electrons. The largest absolute Gasteiger partial charge is 0.335 e. The number of hydrogen-bond acceptors (Lipinski definition) is 2. The van der Waals surface area contributed by atoms with Gasteiger partial charge in [0.15, 0.2) is 0 Å². The van der Waals surface area contributed by atoms with Crippen LogP contribution in [-0.4, -0.2) is 36.0 Å². The van der Waals surface area contributed by atoms with E-state index in [1.54, 1.807) is 24.3 Å². The van der Waals surface area contributed by atoms with Crippen molar-refractivity contribution in [3.8, 4) is 0 Å². The fourth-order valence-electron chi connectivity index (χ4n) is 2.90. The van der Waals surface area contributed by atoms with Gasteiger partial charge in [-0.25, -0.2) is 0 Å². The molecule has 1 spiro atoms. The Morgan fingerprint density at radius 3 is 2.56 bits per heavy atom. The molecule has 1 aromatic rings. The standard InChI is InChI=1S/C14H17ClN2O/c15-12-5-3-11(4-6-12)13(18)17-9-14(10-17)7-1-2-8-16-14/h3-6,16H,1-2,7-10H2. The highest BCUT2D eigenvalue weighted by atomic mass is 35.5. The molecule has 2 fully saturated rings. The molecule has 2 heterocycles. The molecule has 2 saturated heterocycles. The summed E-state index contributed by atoms with van der Waals surface area (Å²) in [5, 5.41) is 4.23. The monoisotopic (exact) mass is 264 g/mol. The maximum absolute atomic E-state index is 12.2. The molecule has 0 saturated carbocycles. The SMILES string of the molecule is O=C(c1ccc(Cl)cc1)N1CC2(CCCCN2)C1. The summed E-state index contributed by atoms with van der Waals surface area (Å²) in [7, 11) is 0. The number of halogens is 1. The van der Waals surface area contributed by atoms with E-state index in [1.165, 1.54) is 19.3 Å². The van der Waals surface area contributed by atoms with Gasteiger partial charge < -0.3 is 10.2 Å². The Hall–Kier alpha value is -1.06. The number of rotatable bonds is 1. The predicted molar refractivity (Wildman–Crippen MR) is 71.9 cm³/mol. The maximum Gasteiger partial charge on any atom is 0.253 e. The van der Waals surface area contributed by atoms with E-state index in [2.05, 4.69) is 5.32 Å². The van der Waals surface area contributed by atoms with Crippen LogP contribution in [0.15, 0.2) is 24.3 Å². The Labute approximate surface area is 112 Å². The van der Waals surface area contributed by atoms with Crippen molar-refractivity contribution in [1.29, 1.82) is 0 Å². The first-order valence-electron chi connectivity index (χ1n) is 6.48. The smallest absolute Gasteiger partial charge is 0.253 e. The number of piperidine rings is 1. The Morgan fingerprint density at radius 1 is 1.22 bits per heavy atom. The van der Waals surface area contributed by atoms with Crippen LogP contribution in [-0.2, 0) is 0 Å². The molecule has 0 aliphatic carbocycles. The number of nitrogens with zero attached hydrogens (tertiary/aromatic N) is 1. The van der Waals surface area contributed by atoms with Gasteiger partial charge in [-0.2, -0.15) is 0 Å². The molecule has 0 radical (unpaired) electrons. The minimum Gasteiger partial charge on any atom is -0.335 e. The molecule has 0 atom stereocenters. The van der Waals surface area contributed by atoms with Gasteiger partial charge in [0, 0.05) is 23.7 Å². The van der Waals surface area contributed by atoms with E-state index in [1.807, 2.05) is 4.90 Å². The van der Waals surface area contributed by atoms with Crippen LogP contribution in [0.5, 0.6) is 0 Å². The van der Waals surface area contributed by atoms with Gasteiger partial charge in [-0.05, 0) is 43.7 Å².